The van der Waals surface area contributed by atoms with Crippen LogP contribution >= 0.6 is 0 Å². The maximum atomic E-state index is 13.2. The molecule has 0 aromatic heterocycles. The summed E-state index contributed by atoms with van der Waals surface area (Å²) in [4.78, 5) is 13.1. The zero-order valence-corrected chi connectivity index (χ0v) is 19.5. The minimum atomic E-state index is -3.60. The number of rotatable bonds is 7. The molecule has 1 fully saturated rings. The Hall–Kier alpha value is -2.38. The molecule has 0 unspecified atom stereocenters. The third kappa shape index (κ3) is 5.28. The molecular formula is C24H31NO5S. The highest BCUT2D eigenvalue weighted by atomic mass is 32.2. The van der Waals surface area contributed by atoms with E-state index in [2.05, 4.69) is 0 Å². The Bertz CT molecular complexity index is 1020. The summed E-state index contributed by atoms with van der Waals surface area (Å²) < 4.78 is 39.2. The number of ether oxygens (including phenoxy) is 2. The van der Waals surface area contributed by atoms with Crippen LogP contribution in [-0.2, 0) is 14.8 Å². The Balaban J connectivity index is 1.67. The molecule has 0 N–H and O–H groups in total. The number of hydrogen-bond acceptors (Lipinski definition) is 5. The van der Waals surface area contributed by atoms with Crippen molar-refractivity contribution >= 4 is 16.0 Å². The summed E-state index contributed by atoms with van der Waals surface area (Å²) in [6, 6.07) is 10.9. The first-order valence-electron chi connectivity index (χ1n) is 10.8. The zero-order valence-electron chi connectivity index (χ0n) is 18.7. The zero-order chi connectivity index (χ0) is 22.6. The van der Waals surface area contributed by atoms with Crippen LogP contribution in [0.1, 0.15) is 42.9 Å². The van der Waals surface area contributed by atoms with Crippen LogP contribution in [0.4, 0.5) is 0 Å². The van der Waals surface area contributed by atoms with Gasteiger partial charge in [0.25, 0.3) is 0 Å². The summed E-state index contributed by atoms with van der Waals surface area (Å²) in [7, 11) is -3.60. The highest BCUT2D eigenvalue weighted by molar-refractivity contribution is 7.89. The molecule has 0 radical (unpaired) electrons. The van der Waals surface area contributed by atoms with Gasteiger partial charge in [0, 0.05) is 13.1 Å². The van der Waals surface area contributed by atoms with Crippen molar-refractivity contribution < 1.29 is 22.7 Å². The third-order valence-electron chi connectivity index (χ3n) is 5.51. The number of carbonyl (C=O) groups excluding carboxylic acids is 1. The van der Waals surface area contributed by atoms with Gasteiger partial charge in [-0.3, -0.25) is 4.79 Å². The summed E-state index contributed by atoms with van der Waals surface area (Å²) in [6.07, 6.45) is 1.72. The number of esters is 1. The normalized spacial score (nSPS) is 15.6. The first kappa shape index (κ1) is 23.3. The van der Waals surface area contributed by atoms with E-state index in [0.29, 0.717) is 48.9 Å². The van der Waals surface area contributed by atoms with Crippen molar-refractivity contribution in [2.75, 3.05) is 19.7 Å². The van der Waals surface area contributed by atoms with Crippen LogP contribution in [0.5, 0.6) is 11.5 Å². The topological polar surface area (TPSA) is 72.9 Å². The van der Waals surface area contributed by atoms with Gasteiger partial charge in [-0.2, -0.15) is 4.31 Å². The molecule has 0 amide bonds. The lowest BCUT2D eigenvalue weighted by Crippen LogP contribution is -2.41. The van der Waals surface area contributed by atoms with E-state index in [1.807, 2.05) is 45.9 Å². The van der Waals surface area contributed by atoms with Crippen molar-refractivity contribution in [3.63, 3.8) is 0 Å². The quantitative estimate of drug-likeness (QED) is 0.466. The van der Waals surface area contributed by atoms with Gasteiger partial charge in [-0.1, -0.05) is 36.8 Å². The molecule has 6 nitrogen and oxygen atoms in total. The van der Waals surface area contributed by atoms with Crippen LogP contribution in [0.15, 0.2) is 41.3 Å². The van der Waals surface area contributed by atoms with Crippen LogP contribution in [-0.4, -0.2) is 38.4 Å². The fraction of sp³-hybridized carbons (Fsp3) is 0.458. The van der Waals surface area contributed by atoms with Crippen LogP contribution in [0.25, 0.3) is 0 Å². The van der Waals surface area contributed by atoms with Gasteiger partial charge < -0.3 is 9.47 Å². The molecule has 1 aliphatic rings. The first-order valence-corrected chi connectivity index (χ1v) is 12.2. The molecule has 31 heavy (non-hydrogen) atoms. The molecule has 7 heteroatoms. The molecule has 0 saturated carbocycles. The number of para-hydroxylation sites is 2. The van der Waals surface area contributed by atoms with Gasteiger partial charge in [0.1, 0.15) is 0 Å². The maximum Gasteiger partial charge on any atom is 0.314 e. The summed E-state index contributed by atoms with van der Waals surface area (Å²) >= 11 is 0. The molecule has 2 aromatic rings. The van der Waals surface area contributed by atoms with Gasteiger partial charge in [0.15, 0.2) is 11.5 Å². The highest BCUT2D eigenvalue weighted by Crippen LogP contribution is 2.31. The van der Waals surface area contributed by atoms with E-state index in [-0.39, 0.29) is 11.9 Å². The Kier molecular flexibility index (Phi) is 7.38. The molecule has 3 rings (SSSR count). The Morgan fingerprint density at radius 2 is 1.61 bits per heavy atom. The maximum absolute atomic E-state index is 13.2. The van der Waals surface area contributed by atoms with E-state index >= 15 is 0 Å². The van der Waals surface area contributed by atoms with Crippen molar-refractivity contribution in [3.05, 3.63) is 53.1 Å². The number of nitrogens with zero attached hydrogens (tertiary/aromatic N) is 1. The largest absolute Gasteiger partial charge is 0.490 e. The molecule has 2 aromatic carbocycles. The van der Waals surface area contributed by atoms with Crippen molar-refractivity contribution in [1.29, 1.82) is 0 Å². The molecule has 0 atom stereocenters. The average Bonchev–Trinajstić information content (AvgIpc) is 2.72. The van der Waals surface area contributed by atoms with Gasteiger partial charge >= 0.3 is 5.97 Å². The summed E-state index contributed by atoms with van der Waals surface area (Å²) in [5.74, 6) is 0.267. The average molecular weight is 446 g/mol. The number of aryl methyl sites for hydroxylation is 3. The van der Waals surface area contributed by atoms with Gasteiger partial charge in [-0.15, -0.1) is 0 Å². The van der Waals surface area contributed by atoms with Crippen LogP contribution < -0.4 is 9.47 Å². The SMILES string of the molecule is CCCOc1ccccc1OC(=O)C1CCN(S(=O)(=O)c2c(C)cc(C)cc2C)CC1. The van der Waals surface area contributed by atoms with Crippen molar-refractivity contribution in [1.82, 2.24) is 4.31 Å². The van der Waals surface area contributed by atoms with Gasteiger partial charge in [0.2, 0.25) is 10.0 Å². The lowest BCUT2D eigenvalue weighted by Gasteiger charge is -2.31. The van der Waals surface area contributed by atoms with E-state index in [1.54, 1.807) is 18.2 Å². The first-order chi connectivity index (χ1) is 14.7. The number of carbonyl (C=O) groups is 1. The van der Waals surface area contributed by atoms with Crippen LogP contribution in [0.2, 0.25) is 0 Å². The van der Waals surface area contributed by atoms with Crippen LogP contribution in [0, 0.1) is 26.7 Å². The predicted octanol–water partition coefficient (Wildman–Crippen LogP) is 4.41. The fourth-order valence-electron chi connectivity index (χ4n) is 4.09. The summed E-state index contributed by atoms with van der Waals surface area (Å²) in [5.41, 5.74) is 2.55. The standard InChI is InChI=1S/C24H31NO5S/c1-5-14-29-21-8-6-7-9-22(21)30-24(26)20-10-12-25(13-11-20)31(27,28)23-18(3)15-17(2)16-19(23)4/h6-9,15-16,20H,5,10-14H2,1-4H3. The van der Waals surface area contributed by atoms with Gasteiger partial charge in [-0.25, -0.2) is 8.42 Å². The van der Waals surface area contributed by atoms with Crippen molar-refractivity contribution in [2.45, 2.75) is 51.9 Å². The molecular weight excluding hydrogens is 414 g/mol. The molecule has 1 saturated heterocycles. The Morgan fingerprint density at radius 3 is 2.19 bits per heavy atom. The van der Waals surface area contributed by atoms with Gasteiger partial charge in [-0.05, 0) is 63.3 Å². The Morgan fingerprint density at radius 1 is 1.03 bits per heavy atom. The van der Waals surface area contributed by atoms with E-state index < -0.39 is 10.0 Å². The number of sulfonamides is 1. The van der Waals surface area contributed by atoms with Crippen molar-refractivity contribution in [3.8, 4) is 11.5 Å². The lowest BCUT2D eigenvalue weighted by molar-refractivity contribution is -0.140. The minimum absolute atomic E-state index is 0.294. The monoisotopic (exact) mass is 445 g/mol. The van der Waals surface area contributed by atoms with Crippen molar-refractivity contribution in [2.24, 2.45) is 5.92 Å². The highest BCUT2D eigenvalue weighted by Gasteiger charge is 2.34. The van der Waals surface area contributed by atoms with E-state index in [4.69, 9.17) is 9.47 Å². The van der Waals surface area contributed by atoms with Gasteiger partial charge in [0.05, 0.1) is 17.4 Å². The second kappa shape index (κ2) is 9.83. The van der Waals surface area contributed by atoms with Crippen LogP contribution in [0.3, 0.4) is 0 Å². The predicted molar refractivity (Wildman–Crippen MR) is 120 cm³/mol. The Labute approximate surface area is 185 Å². The molecule has 1 heterocycles. The second-order valence-electron chi connectivity index (χ2n) is 8.12. The molecule has 0 spiro atoms. The summed E-state index contributed by atoms with van der Waals surface area (Å²) in [5, 5.41) is 0. The number of piperidine rings is 1. The molecule has 0 bridgehead atoms. The fourth-order valence-corrected chi connectivity index (χ4v) is 5.97. The lowest BCUT2D eigenvalue weighted by atomic mass is 9.98. The smallest absolute Gasteiger partial charge is 0.314 e. The molecule has 1 aliphatic heterocycles. The second-order valence-corrected chi connectivity index (χ2v) is 10.00. The van der Waals surface area contributed by atoms with E-state index in [9.17, 15) is 13.2 Å². The summed E-state index contributed by atoms with van der Waals surface area (Å²) in [6.45, 7) is 8.76. The number of benzene rings is 2. The van der Waals surface area contributed by atoms with E-state index in [0.717, 1.165) is 23.1 Å². The molecule has 168 valence electrons. The third-order valence-corrected chi connectivity index (χ3v) is 7.72. The molecule has 0 aliphatic carbocycles. The number of hydrogen-bond donors (Lipinski definition) is 0. The minimum Gasteiger partial charge on any atom is -0.490 e. The van der Waals surface area contributed by atoms with E-state index in [1.165, 1.54) is 4.31 Å².